The summed E-state index contributed by atoms with van der Waals surface area (Å²) in [4.78, 5) is 1.22. The second-order valence-electron chi connectivity index (χ2n) is 3.84. The van der Waals surface area contributed by atoms with Gasteiger partial charge in [0.25, 0.3) is 0 Å². The van der Waals surface area contributed by atoms with E-state index in [1.54, 1.807) is 11.3 Å². The molecule has 0 amide bonds. The van der Waals surface area contributed by atoms with E-state index in [2.05, 4.69) is 15.9 Å². The number of rotatable bonds is 2. The van der Waals surface area contributed by atoms with Gasteiger partial charge in [-0.05, 0) is 40.8 Å². The molecule has 0 aromatic carbocycles. The van der Waals surface area contributed by atoms with Crippen LogP contribution in [-0.2, 0) is 0 Å². The van der Waals surface area contributed by atoms with Crippen LogP contribution in [0.1, 0.15) is 36.6 Å². The molecule has 1 unspecified atom stereocenters. The van der Waals surface area contributed by atoms with Crippen molar-refractivity contribution in [1.82, 2.24) is 0 Å². The second-order valence-corrected chi connectivity index (χ2v) is 6.65. The molecule has 1 aliphatic carbocycles. The quantitative estimate of drug-likeness (QED) is 0.862. The van der Waals surface area contributed by atoms with E-state index in [9.17, 15) is 0 Å². The van der Waals surface area contributed by atoms with Crippen LogP contribution in [0.5, 0.6) is 0 Å². The van der Waals surface area contributed by atoms with E-state index in [1.165, 1.54) is 30.6 Å². The lowest BCUT2D eigenvalue weighted by Crippen LogP contribution is -2.17. The molecule has 0 spiro atoms. The minimum absolute atomic E-state index is 0.186. The van der Waals surface area contributed by atoms with Gasteiger partial charge in [0.2, 0.25) is 0 Å². The van der Waals surface area contributed by atoms with E-state index >= 15 is 0 Å². The summed E-state index contributed by atoms with van der Waals surface area (Å²) < 4.78 is 1.00. The van der Waals surface area contributed by atoms with Crippen LogP contribution >= 0.6 is 38.9 Å². The van der Waals surface area contributed by atoms with E-state index in [-0.39, 0.29) is 6.04 Å². The molecular formula is C10H13BrClNS. The van der Waals surface area contributed by atoms with Crippen molar-refractivity contribution in [3.63, 3.8) is 0 Å². The van der Waals surface area contributed by atoms with Crippen LogP contribution in [0.4, 0.5) is 0 Å². The molecule has 0 bridgehead atoms. The van der Waals surface area contributed by atoms with Crippen molar-refractivity contribution >= 4 is 38.9 Å². The molecule has 1 heterocycles. The van der Waals surface area contributed by atoms with E-state index in [0.717, 1.165) is 8.81 Å². The van der Waals surface area contributed by atoms with Crippen molar-refractivity contribution in [2.24, 2.45) is 11.7 Å². The van der Waals surface area contributed by atoms with Crippen molar-refractivity contribution < 1.29 is 0 Å². The Bertz CT molecular complexity index is 300. The molecule has 1 saturated carbocycles. The van der Waals surface area contributed by atoms with Crippen LogP contribution in [0.15, 0.2) is 9.85 Å². The van der Waals surface area contributed by atoms with E-state index in [0.29, 0.717) is 5.92 Å². The highest BCUT2D eigenvalue weighted by Crippen LogP contribution is 2.40. The zero-order valence-corrected chi connectivity index (χ0v) is 11.0. The summed E-state index contributed by atoms with van der Waals surface area (Å²) in [7, 11) is 0. The molecule has 0 saturated heterocycles. The molecule has 1 atom stereocenters. The Labute approximate surface area is 102 Å². The molecule has 0 aliphatic heterocycles. The Morgan fingerprint density at radius 3 is 2.64 bits per heavy atom. The van der Waals surface area contributed by atoms with Gasteiger partial charge in [-0.2, -0.15) is 0 Å². The summed E-state index contributed by atoms with van der Waals surface area (Å²) in [5, 5.41) is 0.790. The standard InChI is InChI=1S/C10H13BrClNS/c11-10-7(12)5-8(14-10)9(13)6-3-1-2-4-6/h5-6,9H,1-4,13H2. The average molecular weight is 295 g/mol. The fourth-order valence-electron chi connectivity index (χ4n) is 2.08. The van der Waals surface area contributed by atoms with Crippen molar-refractivity contribution in [3.8, 4) is 0 Å². The summed E-state index contributed by atoms with van der Waals surface area (Å²) >= 11 is 11.1. The van der Waals surface area contributed by atoms with Gasteiger partial charge in [-0.15, -0.1) is 11.3 Å². The van der Waals surface area contributed by atoms with Crippen molar-refractivity contribution in [1.29, 1.82) is 0 Å². The third-order valence-electron chi connectivity index (χ3n) is 2.90. The summed E-state index contributed by atoms with van der Waals surface area (Å²) in [5.74, 6) is 0.664. The fraction of sp³-hybridized carbons (Fsp3) is 0.600. The molecule has 1 nitrogen and oxygen atoms in total. The lowest BCUT2D eigenvalue weighted by atomic mass is 9.98. The third-order valence-corrected chi connectivity index (χ3v) is 5.48. The van der Waals surface area contributed by atoms with Crippen LogP contribution in [0.25, 0.3) is 0 Å². The highest BCUT2D eigenvalue weighted by molar-refractivity contribution is 9.11. The summed E-state index contributed by atoms with van der Waals surface area (Å²) in [6.07, 6.45) is 5.21. The topological polar surface area (TPSA) is 26.0 Å². The third kappa shape index (κ3) is 2.16. The van der Waals surface area contributed by atoms with Crippen LogP contribution in [0.3, 0.4) is 0 Å². The van der Waals surface area contributed by atoms with Crippen LogP contribution in [0, 0.1) is 5.92 Å². The molecule has 1 aromatic rings. The zero-order chi connectivity index (χ0) is 10.1. The Kier molecular flexibility index (Phi) is 3.53. The Morgan fingerprint density at radius 1 is 1.50 bits per heavy atom. The second kappa shape index (κ2) is 4.52. The molecule has 2 rings (SSSR count). The van der Waals surface area contributed by atoms with Crippen molar-refractivity contribution in [2.75, 3.05) is 0 Å². The molecule has 14 heavy (non-hydrogen) atoms. The van der Waals surface area contributed by atoms with Gasteiger partial charge in [0.05, 0.1) is 8.81 Å². The molecule has 4 heteroatoms. The SMILES string of the molecule is NC(c1cc(Cl)c(Br)s1)C1CCCC1. The molecule has 78 valence electrons. The van der Waals surface area contributed by atoms with Gasteiger partial charge < -0.3 is 5.73 Å². The Morgan fingerprint density at radius 2 is 2.14 bits per heavy atom. The minimum atomic E-state index is 0.186. The summed E-state index contributed by atoms with van der Waals surface area (Å²) in [5.41, 5.74) is 6.21. The number of hydrogen-bond donors (Lipinski definition) is 1. The van der Waals surface area contributed by atoms with Crippen LogP contribution in [0.2, 0.25) is 5.02 Å². The smallest absolute Gasteiger partial charge is 0.0887 e. The highest BCUT2D eigenvalue weighted by atomic mass is 79.9. The normalized spacial score (nSPS) is 20.2. The molecular weight excluding hydrogens is 282 g/mol. The lowest BCUT2D eigenvalue weighted by Gasteiger charge is -2.16. The van der Waals surface area contributed by atoms with E-state index < -0.39 is 0 Å². The van der Waals surface area contributed by atoms with Gasteiger partial charge in [-0.25, -0.2) is 0 Å². The van der Waals surface area contributed by atoms with Gasteiger partial charge in [-0.3, -0.25) is 0 Å². The first kappa shape index (κ1) is 10.9. The highest BCUT2D eigenvalue weighted by Gasteiger charge is 2.24. The molecule has 1 aliphatic rings. The van der Waals surface area contributed by atoms with Gasteiger partial charge in [0.1, 0.15) is 0 Å². The predicted molar refractivity (Wildman–Crippen MR) is 65.9 cm³/mol. The van der Waals surface area contributed by atoms with Crippen LogP contribution in [-0.4, -0.2) is 0 Å². The molecule has 1 fully saturated rings. The fourth-order valence-corrected chi connectivity index (χ4v) is 3.92. The number of nitrogens with two attached hydrogens (primary N) is 1. The van der Waals surface area contributed by atoms with E-state index in [1.807, 2.05) is 6.07 Å². The maximum absolute atomic E-state index is 6.21. The average Bonchev–Trinajstić information content (AvgIpc) is 2.76. The first-order chi connectivity index (χ1) is 6.68. The molecule has 2 N–H and O–H groups in total. The first-order valence-corrected chi connectivity index (χ1v) is 6.87. The maximum atomic E-state index is 6.21. The molecule has 0 radical (unpaired) electrons. The summed E-state index contributed by atoms with van der Waals surface area (Å²) in [6, 6.07) is 2.19. The number of hydrogen-bond acceptors (Lipinski definition) is 2. The largest absolute Gasteiger partial charge is 0.323 e. The van der Waals surface area contributed by atoms with Crippen molar-refractivity contribution in [2.45, 2.75) is 31.7 Å². The van der Waals surface area contributed by atoms with Gasteiger partial charge >= 0.3 is 0 Å². The van der Waals surface area contributed by atoms with Crippen molar-refractivity contribution in [3.05, 3.63) is 19.8 Å². The van der Waals surface area contributed by atoms with Crippen LogP contribution < -0.4 is 5.73 Å². The monoisotopic (exact) mass is 293 g/mol. The Hall–Kier alpha value is 0.430. The Balaban J connectivity index is 2.13. The lowest BCUT2D eigenvalue weighted by molar-refractivity contribution is 0.450. The molecule has 1 aromatic heterocycles. The number of thiophene rings is 1. The number of halogens is 2. The first-order valence-electron chi connectivity index (χ1n) is 4.89. The minimum Gasteiger partial charge on any atom is -0.323 e. The van der Waals surface area contributed by atoms with E-state index in [4.69, 9.17) is 17.3 Å². The van der Waals surface area contributed by atoms with Gasteiger partial charge in [0.15, 0.2) is 0 Å². The summed E-state index contributed by atoms with van der Waals surface area (Å²) in [6.45, 7) is 0. The maximum Gasteiger partial charge on any atom is 0.0887 e. The predicted octanol–water partition coefficient (Wildman–Crippen LogP) is 4.35. The zero-order valence-electron chi connectivity index (χ0n) is 7.80. The van der Waals surface area contributed by atoms with Gasteiger partial charge in [0, 0.05) is 10.9 Å². The van der Waals surface area contributed by atoms with Gasteiger partial charge in [-0.1, -0.05) is 24.4 Å².